The third-order valence-electron chi connectivity index (χ3n) is 4.00. The van der Waals surface area contributed by atoms with Gasteiger partial charge in [-0.15, -0.1) is 11.3 Å². The van der Waals surface area contributed by atoms with Crippen LogP contribution in [0.1, 0.15) is 18.2 Å². The molecular formula is C17H21N3OS. The van der Waals surface area contributed by atoms with Crippen molar-refractivity contribution >= 4 is 17.2 Å². The first-order valence-corrected chi connectivity index (χ1v) is 8.53. The smallest absolute Gasteiger partial charge is 0.228 e. The summed E-state index contributed by atoms with van der Waals surface area (Å²) in [5.41, 5.74) is 3.23. The van der Waals surface area contributed by atoms with Crippen molar-refractivity contribution in [3.8, 4) is 10.6 Å². The van der Waals surface area contributed by atoms with Gasteiger partial charge in [0.15, 0.2) is 0 Å². The summed E-state index contributed by atoms with van der Waals surface area (Å²) in [6.07, 6.45) is 0.396. The number of aromatic nitrogens is 1. The summed E-state index contributed by atoms with van der Waals surface area (Å²) in [5.74, 6) is 0.176. The van der Waals surface area contributed by atoms with Crippen molar-refractivity contribution in [1.82, 2.24) is 15.2 Å². The highest BCUT2D eigenvalue weighted by atomic mass is 32.1. The monoisotopic (exact) mass is 315 g/mol. The van der Waals surface area contributed by atoms with Crippen LogP contribution in [-0.2, 0) is 11.2 Å². The van der Waals surface area contributed by atoms with Gasteiger partial charge >= 0.3 is 0 Å². The summed E-state index contributed by atoms with van der Waals surface area (Å²) in [5, 5.41) is 6.29. The van der Waals surface area contributed by atoms with Crippen LogP contribution < -0.4 is 5.32 Å². The van der Waals surface area contributed by atoms with Crippen LogP contribution in [0.5, 0.6) is 0 Å². The van der Waals surface area contributed by atoms with Gasteiger partial charge in [0.2, 0.25) is 5.91 Å². The second-order valence-corrected chi connectivity index (χ2v) is 6.69. The molecule has 116 valence electrons. The van der Waals surface area contributed by atoms with Crippen molar-refractivity contribution in [1.29, 1.82) is 0 Å². The van der Waals surface area contributed by atoms with Crippen molar-refractivity contribution in [3.05, 3.63) is 40.9 Å². The Morgan fingerprint density at radius 3 is 2.91 bits per heavy atom. The number of amides is 1. The van der Waals surface area contributed by atoms with Gasteiger partial charge in [0.05, 0.1) is 12.1 Å². The Morgan fingerprint density at radius 2 is 2.18 bits per heavy atom. The second-order valence-electron chi connectivity index (χ2n) is 5.83. The minimum atomic E-state index is 0.176. The van der Waals surface area contributed by atoms with E-state index in [1.54, 1.807) is 11.3 Å². The zero-order valence-corrected chi connectivity index (χ0v) is 13.8. The minimum absolute atomic E-state index is 0.176. The molecule has 0 radical (unpaired) electrons. The largest absolute Gasteiger partial charge is 0.337 e. The number of carbonyl (C=O) groups is 1. The van der Waals surface area contributed by atoms with Crippen LogP contribution in [0.3, 0.4) is 0 Å². The average Bonchev–Trinajstić information content (AvgIpc) is 2.97. The second kappa shape index (κ2) is 6.58. The number of nitrogens with one attached hydrogen (secondary N) is 1. The molecular weight excluding hydrogens is 294 g/mol. The summed E-state index contributed by atoms with van der Waals surface area (Å²) in [6, 6.07) is 8.60. The molecule has 4 nitrogen and oxygen atoms in total. The van der Waals surface area contributed by atoms with E-state index in [1.165, 1.54) is 5.56 Å². The standard InChI is InChI=1S/C17H21N3OS/c1-12-3-5-14(6-4-12)17-19-15(11-22-17)9-16(21)20-8-7-18-10-13(20)2/h3-6,11,13,18H,7-10H2,1-2H3/t13-/m1/s1. The van der Waals surface area contributed by atoms with Crippen LogP contribution in [0, 0.1) is 6.92 Å². The third-order valence-corrected chi connectivity index (χ3v) is 4.94. The summed E-state index contributed by atoms with van der Waals surface area (Å²) in [7, 11) is 0. The first kappa shape index (κ1) is 15.2. The Hall–Kier alpha value is -1.72. The number of piperazine rings is 1. The third kappa shape index (κ3) is 3.36. The lowest BCUT2D eigenvalue weighted by atomic mass is 10.1. The molecule has 0 saturated carbocycles. The van der Waals surface area contributed by atoms with Gasteiger partial charge < -0.3 is 10.2 Å². The van der Waals surface area contributed by atoms with E-state index in [4.69, 9.17) is 0 Å². The first-order valence-electron chi connectivity index (χ1n) is 7.65. The predicted octanol–water partition coefficient (Wildman–Crippen LogP) is 2.48. The fraction of sp³-hybridized carbons (Fsp3) is 0.412. The van der Waals surface area contributed by atoms with Crippen LogP contribution in [0.25, 0.3) is 10.6 Å². The zero-order chi connectivity index (χ0) is 15.5. The molecule has 0 spiro atoms. The number of benzene rings is 1. The van der Waals surface area contributed by atoms with Crippen molar-refractivity contribution in [2.45, 2.75) is 26.3 Å². The highest BCUT2D eigenvalue weighted by Gasteiger charge is 2.23. The van der Waals surface area contributed by atoms with Gasteiger partial charge in [-0.1, -0.05) is 29.8 Å². The van der Waals surface area contributed by atoms with Crippen molar-refractivity contribution in [2.75, 3.05) is 19.6 Å². The van der Waals surface area contributed by atoms with Gasteiger partial charge in [0.1, 0.15) is 5.01 Å². The van der Waals surface area contributed by atoms with E-state index in [-0.39, 0.29) is 11.9 Å². The number of thiazole rings is 1. The summed E-state index contributed by atoms with van der Waals surface area (Å²) < 4.78 is 0. The van der Waals surface area contributed by atoms with Crippen molar-refractivity contribution in [2.24, 2.45) is 0 Å². The van der Waals surface area contributed by atoms with Gasteiger partial charge in [-0.2, -0.15) is 0 Å². The van der Waals surface area contributed by atoms with E-state index >= 15 is 0 Å². The van der Waals surface area contributed by atoms with E-state index < -0.39 is 0 Å². The van der Waals surface area contributed by atoms with Gasteiger partial charge in [0.25, 0.3) is 0 Å². The minimum Gasteiger partial charge on any atom is -0.337 e. The molecule has 1 atom stereocenters. The molecule has 1 aromatic heterocycles. The molecule has 3 rings (SSSR count). The molecule has 1 saturated heterocycles. The van der Waals surface area contributed by atoms with Crippen molar-refractivity contribution < 1.29 is 4.79 Å². The molecule has 1 N–H and O–H groups in total. The van der Waals surface area contributed by atoms with E-state index in [2.05, 4.69) is 48.4 Å². The maximum Gasteiger partial charge on any atom is 0.228 e. The highest BCUT2D eigenvalue weighted by molar-refractivity contribution is 7.13. The number of hydrogen-bond donors (Lipinski definition) is 1. The first-order chi connectivity index (χ1) is 10.6. The lowest BCUT2D eigenvalue weighted by Crippen LogP contribution is -2.52. The van der Waals surface area contributed by atoms with Crippen LogP contribution >= 0.6 is 11.3 Å². The molecule has 0 bridgehead atoms. The maximum atomic E-state index is 12.4. The number of hydrogen-bond acceptors (Lipinski definition) is 4. The zero-order valence-electron chi connectivity index (χ0n) is 13.0. The molecule has 0 aliphatic carbocycles. The molecule has 1 fully saturated rings. The molecule has 1 aromatic carbocycles. The number of nitrogens with zero attached hydrogens (tertiary/aromatic N) is 2. The fourth-order valence-electron chi connectivity index (χ4n) is 2.68. The van der Waals surface area contributed by atoms with Crippen LogP contribution in [0.15, 0.2) is 29.6 Å². The van der Waals surface area contributed by atoms with Crippen LogP contribution in [-0.4, -0.2) is 41.5 Å². The van der Waals surface area contributed by atoms with E-state index in [0.717, 1.165) is 35.9 Å². The summed E-state index contributed by atoms with van der Waals surface area (Å²) >= 11 is 1.60. The Balaban J connectivity index is 1.68. The molecule has 22 heavy (non-hydrogen) atoms. The molecule has 2 heterocycles. The lowest BCUT2D eigenvalue weighted by Gasteiger charge is -2.33. The highest BCUT2D eigenvalue weighted by Crippen LogP contribution is 2.24. The van der Waals surface area contributed by atoms with E-state index in [0.29, 0.717) is 6.42 Å². The Labute approximate surface area is 135 Å². The van der Waals surface area contributed by atoms with Gasteiger partial charge in [-0.05, 0) is 13.8 Å². The lowest BCUT2D eigenvalue weighted by molar-refractivity contribution is -0.133. The van der Waals surface area contributed by atoms with E-state index in [9.17, 15) is 4.79 Å². The number of aryl methyl sites for hydroxylation is 1. The predicted molar refractivity (Wildman–Crippen MR) is 90.0 cm³/mol. The molecule has 0 unspecified atom stereocenters. The number of carbonyl (C=O) groups excluding carboxylic acids is 1. The summed E-state index contributed by atoms with van der Waals surface area (Å²) in [4.78, 5) is 19.0. The average molecular weight is 315 g/mol. The van der Waals surface area contributed by atoms with Gasteiger partial charge in [0, 0.05) is 36.6 Å². The Kier molecular flexibility index (Phi) is 4.55. The van der Waals surface area contributed by atoms with Gasteiger partial charge in [-0.25, -0.2) is 4.98 Å². The molecule has 1 amide bonds. The fourth-order valence-corrected chi connectivity index (χ4v) is 3.51. The van der Waals surface area contributed by atoms with E-state index in [1.807, 2.05) is 10.3 Å². The van der Waals surface area contributed by atoms with Crippen LogP contribution in [0.2, 0.25) is 0 Å². The quantitative estimate of drug-likeness (QED) is 0.946. The molecule has 2 aromatic rings. The normalized spacial score (nSPS) is 18.5. The topological polar surface area (TPSA) is 45.2 Å². The van der Waals surface area contributed by atoms with Crippen molar-refractivity contribution in [3.63, 3.8) is 0 Å². The van der Waals surface area contributed by atoms with Crippen LogP contribution in [0.4, 0.5) is 0 Å². The molecule has 1 aliphatic heterocycles. The molecule has 5 heteroatoms. The van der Waals surface area contributed by atoms with Gasteiger partial charge in [-0.3, -0.25) is 4.79 Å². The molecule has 1 aliphatic rings. The Bertz CT molecular complexity index is 650. The number of rotatable bonds is 3. The Morgan fingerprint density at radius 1 is 1.41 bits per heavy atom. The maximum absolute atomic E-state index is 12.4. The SMILES string of the molecule is Cc1ccc(-c2nc(CC(=O)N3CCNC[C@H]3C)cs2)cc1. The summed E-state index contributed by atoms with van der Waals surface area (Å²) in [6.45, 7) is 6.70.